The second-order valence-electron chi connectivity index (χ2n) is 6.20. The van der Waals surface area contributed by atoms with Crippen molar-refractivity contribution in [3.63, 3.8) is 0 Å². The van der Waals surface area contributed by atoms with E-state index in [1.54, 1.807) is 12.1 Å². The quantitative estimate of drug-likeness (QED) is 0.811. The molecule has 0 unspecified atom stereocenters. The molecule has 2 aromatic carbocycles. The summed E-state index contributed by atoms with van der Waals surface area (Å²) in [6, 6.07) is 13.0. The molecule has 0 aliphatic carbocycles. The zero-order valence-corrected chi connectivity index (χ0v) is 14.6. The lowest BCUT2D eigenvalue weighted by atomic mass is 10.2. The predicted octanol–water partition coefficient (Wildman–Crippen LogP) is 2.75. The molecule has 27 heavy (non-hydrogen) atoms. The zero-order chi connectivity index (χ0) is 19.2. The number of piperazine rings is 1. The molecular weight excluding hydrogens is 356 g/mol. The molecule has 2 N–H and O–H groups in total. The molecule has 2 aromatic rings. The topological polar surface area (TPSA) is 65.0 Å². The van der Waals surface area contributed by atoms with E-state index in [9.17, 15) is 18.7 Å². The van der Waals surface area contributed by atoms with Gasteiger partial charge in [-0.05, 0) is 36.4 Å². The third-order valence-corrected chi connectivity index (χ3v) is 4.33. The standard InChI is InChI=1S/C19H21F2N3O3/c20-19(21)27-15-7-5-14(6-8-15)22-18(26)13-23-9-11-24(12-10-23)16-3-1-2-4-17(16)25/h1-8,19,25H,9-13H2,(H,22,26). The van der Waals surface area contributed by atoms with Gasteiger partial charge < -0.3 is 20.1 Å². The average molecular weight is 377 g/mol. The Kier molecular flexibility index (Phi) is 6.08. The van der Waals surface area contributed by atoms with Crippen LogP contribution in [0.15, 0.2) is 48.5 Å². The molecule has 144 valence electrons. The Labute approximate surface area is 156 Å². The summed E-state index contributed by atoms with van der Waals surface area (Å²) in [6.45, 7) is 0.187. The largest absolute Gasteiger partial charge is 0.506 e. The van der Waals surface area contributed by atoms with Crippen LogP contribution < -0.4 is 15.0 Å². The fourth-order valence-corrected chi connectivity index (χ4v) is 3.00. The Balaban J connectivity index is 1.46. The summed E-state index contributed by atoms with van der Waals surface area (Å²) < 4.78 is 28.5. The molecule has 1 aliphatic heterocycles. The van der Waals surface area contributed by atoms with Crippen LogP contribution in [0.2, 0.25) is 0 Å². The minimum absolute atomic E-state index is 0.0447. The molecular formula is C19H21F2N3O3. The van der Waals surface area contributed by atoms with Gasteiger partial charge in [0.15, 0.2) is 0 Å². The smallest absolute Gasteiger partial charge is 0.387 e. The average Bonchev–Trinajstić information content (AvgIpc) is 2.64. The van der Waals surface area contributed by atoms with Crippen LogP contribution in [-0.4, -0.2) is 55.2 Å². The predicted molar refractivity (Wildman–Crippen MR) is 98.5 cm³/mol. The normalized spacial score (nSPS) is 15.0. The summed E-state index contributed by atoms with van der Waals surface area (Å²) >= 11 is 0. The minimum atomic E-state index is -2.87. The van der Waals surface area contributed by atoms with Crippen LogP contribution in [0.3, 0.4) is 0 Å². The van der Waals surface area contributed by atoms with Crippen LogP contribution >= 0.6 is 0 Å². The number of rotatable bonds is 6. The van der Waals surface area contributed by atoms with Gasteiger partial charge in [0.1, 0.15) is 11.5 Å². The number of carbonyl (C=O) groups is 1. The SMILES string of the molecule is O=C(CN1CCN(c2ccccc2O)CC1)Nc1ccc(OC(F)F)cc1. The number of alkyl halides is 2. The number of nitrogens with one attached hydrogen (secondary N) is 1. The third kappa shape index (κ3) is 5.30. The van der Waals surface area contributed by atoms with Gasteiger partial charge in [-0.1, -0.05) is 12.1 Å². The summed E-state index contributed by atoms with van der Waals surface area (Å²) in [5.41, 5.74) is 1.32. The summed E-state index contributed by atoms with van der Waals surface area (Å²) in [5.74, 6) is 0.125. The van der Waals surface area contributed by atoms with Crippen molar-refractivity contribution >= 4 is 17.3 Å². The first kappa shape index (κ1) is 18.9. The third-order valence-electron chi connectivity index (χ3n) is 4.33. The highest BCUT2D eigenvalue weighted by Crippen LogP contribution is 2.27. The summed E-state index contributed by atoms with van der Waals surface area (Å²) in [4.78, 5) is 16.3. The first-order valence-electron chi connectivity index (χ1n) is 8.61. The number of benzene rings is 2. The Bertz CT molecular complexity index is 763. The van der Waals surface area contributed by atoms with E-state index in [1.807, 2.05) is 17.0 Å². The lowest BCUT2D eigenvalue weighted by Crippen LogP contribution is -2.48. The number of ether oxygens (including phenoxy) is 1. The Hall–Kier alpha value is -2.87. The molecule has 0 atom stereocenters. The molecule has 6 nitrogen and oxygen atoms in total. The summed E-state index contributed by atoms with van der Waals surface area (Å²) in [6.07, 6.45) is 0. The van der Waals surface area contributed by atoms with Crippen LogP contribution in [0.4, 0.5) is 20.2 Å². The van der Waals surface area contributed by atoms with Gasteiger partial charge in [0, 0.05) is 31.9 Å². The molecule has 1 aliphatic rings. The molecule has 1 fully saturated rings. The maximum Gasteiger partial charge on any atom is 0.387 e. The van der Waals surface area contributed by atoms with Crippen molar-refractivity contribution in [2.24, 2.45) is 0 Å². The number of anilines is 2. The maximum absolute atomic E-state index is 12.2. The molecule has 3 rings (SSSR count). The number of halogens is 2. The molecule has 0 aromatic heterocycles. The van der Waals surface area contributed by atoms with E-state index < -0.39 is 6.61 Å². The number of hydrogen-bond acceptors (Lipinski definition) is 5. The van der Waals surface area contributed by atoms with Crippen molar-refractivity contribution in [2.75, 3.05) is 42.9 Å². The first-order valence-corrected chi connectivity index (χ1v) is 8.61. The zero-order valence-electron chi connectivity index (χ0n) is 14.6. The number of phenols is 1. The van der Waals surface area contributed by atoms with Crippen LogP contribution in [0.1, 0.15) is 0 Å². The van der Waals surface area contributed by atoms with Gasteiger partial charge in [-0.25, -0.2) is 0 Å². The van der Waals surface area contributed by atoms with Gasteiger partial charge in [0.25, 0.3) is 0 Å². The number of nitrogens with zero attached hydrogens (tertiary/aromatic N) is 2. The Morgan fingerprint density at radius 2 is 1.74 bits per heavy atom. The lowest BCUT2D eigenvalue weighted by molar-refractivity contribution is -0.117. The molecule has 0 radical (unpaired) electrons. The van der Waals surface area contributed by atoms with Gasteiger partial charge in [-0.3, -0.25) is 9.69 Å². The van der Waals surface area contributed by atoms with Crippen molar-refractivity contribution in [1.82, 2.24) is 4.90 Å². The van der Waals surface area contributed by atoms with Crippen molar-refractivity contribution in [1.29, 1.82) is 0 Å². The van der Waals surface area contributed by atoms with E-state index in [1.165, 1.54) is 24.3 Å². The lowest BCUT2D eigenvalue weighted by Gasteiger charge is -2.35. The fourth-order valence-electron chi connectivity index (χ4n) is 3.00. The number of amides is 1. The molecule has 1 saturated heterocycles. The highest BCUT2D eigenvalue weighted by atomic mass is 19.3. The number of aromatic hydroxyl groups is 1. The van der Waals surface area contributed by atoms with Crippen LogP contribution in [0.5, 0.6) is 11.5 Å². The molecule has 1 heterocycles. The molecule has 8 heteroatoms. The monoisotopic (exact) mass is 377 g/mol. The van der Waals surface area contributed by atoms with E-state index in [0.717, 1.165) is 5.69 Å². The van der Waals surface area contributed by atoms with Crippen molar-refractivity contribution in [2.45, 2.75) is 6.61 Å². The highest BCUT2D eigenvalue weighted by Gasteiger charge is 2.20. The second-order valence-corrected chi connectivity index (χ2v) is 6.20. The minimum Gasteiger partial charge on any atom is -0.506 e. The molecule has 0 spiro atoms. The van der Waals surface area contributed by atoms with E-state index in [4.69, 9.17) is 0 Å². The number of para-hydroxylation sites is 2. The summed E-state index contributed by atoms with van der Waals surface area (Å²) in [7, 11) is 0. The van der Waals surface area contributed by atoms with E-state index >= 15 is 0 Å². The van der Waals surface area contributed by atoms with Crippen molar-refractivity contribution < 1.29 is 23.4 Å². The van der Waals surface area contributed by atoms with E-state index in [2.05, 4.69) is 15.0 Å². The number of carbonyl (C=O) groups excluding carboxylic acids is 1. The summed E-state index contributed by atoms with van der Waals surface area (Å²) in [5, 5.41) is 12.7. The first-order chi connectivity index (χ1) is 13.0. The second kappa shape index (κ2) is 8.68. The van der Waals surface area contributed by atoms with Gasteiger partial charge in [0.2, 0.25) is 5.91 Å². The van der Waals surface area contributed by atoms with Gasteiger partial charge in [-0.15, -0.1) is 0 Å². The van der Waals surface area contributed by atoms with Gasteiger partial charge >= 0.3 is 6.61 Å². The molecule has 0 bridgehead atoms. The molecule has 0 saturated carbocycles. The van der Waals surface area contributed by atoms with Gasteiger partial charge in [0.05, 0.1) is 12.2 Å². The maximum atomic E-state index is 12.2. The van der Waals surface area contributed by atoms with Crippen molar-refractivity contribution in [3.05, 3.63) is 48.5 Å². The van der Waals surface area contributed by atoms with Gasteiger partial charge in [-0.2, -0.15) is 8.78 Å². The fraction of sp³-hybridized carbons (Fsp3) is 0.316. The van der Waals surface area contributed by atoms with E-state index in [0.29, 0.717) is 31.9 Å². The van der Waals surface area contributed by atoms with Crippen LogP contribution in [0, 0.1) is 0 Å². The Morgan fingerprint density at radius 3 is 2.37 bits per heavy atom. The number of phenolic OH excluding ortho intramolecular Hbond substituents is 1. The molecule has 1 amide bonds. The van der Waals surface area contributed by atoms with Crippen LogP contribution in [-0.2, 0) is 4.79 Å². The van der Waals surface area contributed by atoms with Crippen LogP contribution in [0.25, 0.3) is 0 Å². The Morgan fingerprint density at radius 1 is 1.07 bits per heavy atom. The highest BCUT2D eigenvalue weighted by molar-refractivity contribution is 5.92. The number of hydrogen-bond donors (Lipinski definition) is 2. The van der Waals surface area contributed by atoms with E-state index in [-0.39, 0.29) is 24.0 Å². The van der Waals surface area contributed by atoms with Crippen molar-refractivity contribution in [3.8, 4) is 11.5 Å².